The Morgan fingerprint density at radius 3 is 2.65 bits per heavy atom. The predicted octanol–water partition coefficient (Wildman–Crippen LogP) is 1.66. The lowest BCUT2D eigenvalue weighted by molar-refractivity contribution is -0.113. The van der Waals surface area contributed by atoms with E-state index in [9.17, 15) is 0 Å². The van der Waals surface area contributed by atoms with Crippen molar-refractivity contribution < 1.29 is 9.47 Å². The Morgan fingerprint density at radius 1 is 1.30 bits per heavy atom. The summed E-state index contributed by atoms with van der Waals surface area (Å²) in [5.41, 5.74) is 1.09. The van der Waals surface area contributed by atoms with Crippen LogP contribution in [0, 0.1) is 13.8 Å². The maximum Gasteiger partial charge on any atom is 0.209 e. The number of tetrazole rings is 1. The Labute approximate surface area is 125 Å². The Bertz CT molecular complexity index is 533. The summed E-state index contributed by atoms with van der Waals surface area (Å²) in [6.45, 7) is 4.55. The van der Waals surface area contributed by atoms with Crippen molar-refractivity contribution in [3.05, 3.63) is 15.6 Å². The van der Waals surface area contributed by atoms with Crippen LogP contribution in [0.5, 0.6) is 0 Å². The predicted molar refractivity (Wildman–Crippen MR) is 76.8 cm³/mol. The summed E-state index contributed by atoms with van der Waals surface area (Å²) in [5, 5.41) is 13.5. The third-order valence-corrected chi connectivity index (χ3v) is 4.97. The van der Waals surface area contributed by atoms with E-state index in [0.717, 1.165) is 21.6 Å². The van der Waals surface area contributed by atoms with Crippen LogP contribution in [0.15, 0.2) is 5.16 Å². The molecule has 0 aromatic carbocycles. The first-order valence-corrected chi connectivity index (χ1v) is 7.81. The fourth-order valence-electron chi connectivity index (χ4n) is 1.53. The summed E-state index contributed by atoms with van der Waals surface area (Å²) in [5.74, 6) is 0.754. The highest BCUT2D eigenvalue weighted by molar-refractivity contribution is 7.98. The van der Waals surface area contributed by atoms with Crippen molar-refractivity contribution in [1.82, 2.24) is 25.2 Å². The molecule has 9 heteroatoms. The van der Waals surface area contributed by atoms with Crippen molar-refractivity contribution in [3.63, 3.8) is 0 Å². The van der Waals surface area contributed by atoms with Gasteiger partial charge in [0.25, 0.3) is 0 Å². The van der Waals surface area contributed by atoms with Gasteiger partial charge in [0.15, 0.2) is 6.29 Å². The highest BCUT2D eigenvalue weighted by atomic mass is 32.2. The fourth-order valence-corrected chi connectivity index (χ4v) is 3.34. The van der Waals surface area contributed by atoms with Crippen molar-refractivity contribution in [2.24, 2.45) is 0 Å². The minimum Gasteiger partial charge on any atom is -0.354 e. The second-order valence-corrected chi connectivity index (χ2v) is 6.31. The summed E-state index contributed by atoms with van der Waals surface area (Å²) < 4.78 is 12.0. The molecule has 2 heterocycles. The first-order valence-electron chi connectivity index (χ1n) is 6.01. The lowest BCUT2D eigenvalue weighted by Gasteiger charge is -2.13. The minimum absolute atomic E-state index is 0.359. The summed E-state index contributed by atoms with van der Waals surface area (Å²) in [7, 11) is 3.18. The van der Waals surface area contributed by atoms with Crippen molar-refractivity contribution in [2.45, 2.75) is 37.6 Å². The lowest BCUT2D eigenvalue weighted by Crippen LogP contribution is -2.21. The van der Waals surface area contributed by atoms with E-state index in [1.807, 2.05) is 6.92 Å². The summed E-state index contributed by atoms with van der Waals surface area (Å²) in [4.78, 5) is 5.75. The minimum atomic E-state index is -0.359. The third-order valence-electron chi connectivity index (χ3n) is 2.74. The molecular formula is C11H17N5O2S2. The molecule has 20 heavy (non-hydrogen) atoms. The van der Waals surface area contributed by atoms with Crippen LogP contribution in [0.3, 0.4) is 0 Å². The average Bonchev–Trinajstić information content (AvgIpc) is 3.01. The molecule has 110 valence electrons. The second kappa shape index (κ2) is 7.11. The van der Waals surface area contributed by atoms with E-state index in [0.29, 0.717) is 6.54 Å². The zero-order chi connectivity index (χ0) is 14.5. The molecule has 0 radical (unpaired) electrons. The standard InChI is InChI=1S/C11H17N5O2S2/c1-7-8(2)20-9(12-7)6-19-11-13-14-15-16(11)5-10(17-3)18-4/h10H,5-6H2,1-4H3. The number of hydrogen-bond donors (Lipinski definition) is 0. The van der Waals surface area contributed by atoms with Crippen LogP contribution in [-0.2, 0) is 21.8 Å². The molecule has 0 bridgehead atoms. The average molecular weight is 315 g/mol. The number of ether oxygens (including phenoxy) is 2. The quantitative estimate of drug-likeness (QED) is 0.568. The zero-order valence-electron chi connectivity index (χ0n) is 11.9. The van der Waals surface area contributed by atoms with Gasteiger partial charge in [-0.05, 0) is 24.3 Å². The van der Waals surface area contributed by atoms with Crippen LogP contribution < -0.4 is 0 Å². The van der Waals surface area contributed by atoms with Crippen molar-refractivity contribution in [3.8, 4) is 0 Å². The van der Waals surface area contributed by atoms with Gasteiger partial charge >= 0.3 is 0 Å². The maximum absolute atomic E-state index is 5.15. The largest absolute Gasteiger partial charge is 0.354 e. The van der Waals surface area contributed by atoms with Gasteiger partial charge in [-0.2, -0.15) is 0 Å². The first kappa shape index (κ1) is 15.4. The number of methoxy groups -OCH3 is 2. The first-order chi connectivity index (χ1) is 9.63. The number of aryl methyl sites for hydroxylation is 2. The van der Waals surface area contributed by atoms with Gasteiger partial charge in [0.2, 0.25) is 5.16 Å². The summed E-state index contributed by atoms with van der Waals surface area (Å²) in [6, 6.07) is 0. The van der Waals surface area contributed by atoms with Gasteiger partial charge in [-0.25, -0.2) is 9.67 Å². The van der Waals surface area contributed by atoms with Gasteiger partial charge in [-0.1, -0.05) is 11.8 Å². The van der Waals surface area contributed by atoms with Crippen LogP contribution in [0.2, 0.25) is 0 Å². The molecule has 0 aliphatic carbocycles. The molecule has 0 saturated carbocycles. The molecule has 0 spiro atoms. The van der Waals surface area contributed by atoms with Crippen LogP contribution in [0.4, 0.5) is 0 Å². The maximum atomic E-state index is 5.15. The summed E-state index contributed by atoms with van der Waals surface area (Å²) in [6.07, 6.45) is -0.359. The molecule has 2 aromatic rings. The molecule has 0 aliphatic heterocycles. The summed E-state index contributed by atoms with van der Waals surface area (Å²) >= 11 is 3.26. The van der Waals surface area contributed by atoms with E-state index in [-0.39, 0.29) is 6.29 Å². The topological polar surface area (TPSA) is 75.0 Å². The molecule has 0 atom stereocenters. The number of aromatic nitrogens is 5. The van der Waals surface area contributed by atoms with E-state index in [1.165, 1.54) is 4.88 Å². The SMILES string of the molecule is COC(Cn1nnnc1SCc1nc(C)c(C)s1)OC. The van der Waals surface area contributed by atoms with E-state index in [4.69, 9.17) is 9.47 Å². The Hall–Kier alpha value is -1.03. The number of hydrogen-bond acceptors (Lipinski definition) is 8. The number of thioether (sulfide) groups is 1. The highest BCUT2D eigenvalue weighted by Gasteiger charge is 2.14. The van der Waals surface area contributed by atoms with Crippen molar-refractivity contribution in [2.75, 3.05) is 14.2 Å². The molecule has 0 saturated heterocycles. The van der Waals surface area contributed by atoms with Crippen LogP contribution in [-0.4, -0.2) is 45.7 Å². The monoisotopic (exact) mass is 315 g/mol. The molecule has 0 aliphatic rings. The molecule has 0 N–H and O–H groups in total. The molecule has 2 rings (SSSR count). The smallest absolute Gasteiger partial charge is 0.209 e. The van der Waals surface area contributed by atoms with Crippen LogP contribution >= 0.6 is 23.1 Å². The molecule has 0 fully saturated rings. The molecule has 7 nitrogen and oxygen atoms in total. The van der Waals surface area contributed by atoms with Gasteiger partial charge in [-0.15, -0.1) is 16.4 Å². The molecule has 0 unspecified atom stereocenters. The van der Waals surface area contributed by atoms with E-state index < -0.39 is 0 Å². The third kappa shape index (κ3) is 3.75. The van der Waals surface area contributed by atoms with E-state index >= 15 is 0 Å². The van der Waals surface area contributed by atoms with Crippen molar-refractivity contribution in [1.29, 1.82) is 0 Å². The zero-order valence-corrected chi connectivity index (χ0v) is 13.5. The lowest BCUT2D eigenvalue weighted by atomic mass is 10.4. The van der Waals surface area contributed by atoms with E-state index in [2.05, 4.69) is 27.4 Å². The molecule has 0 amide bonds. The van der Waals surface area contributed by atoms with Crippen LogP contribution in [0.25, 0.3) is 0 Å². The Balaban J connectivity index is 1.98. The van der Waals surface area contributed by atoms with Gasteiger partial charge in [-0.3, -0.25) is 0 Å². The highest BCUT2D eigenvalue weighted by Crippen LogP contribution is 2.24. The van der Waals surface area contributed by atoms with Crippen molar-refractivity contribution >= 4 is 23.1 Å². The van der Waals surface area contributed by atoms with Gasteiger partial charge < -0.3 is 9.47 Å². The van der Waals surface area contributed by atoms with Gasteiger partial charge in [0, 0.05) is 19.1 Å². The Kier molecular flexibility index (Phi) is 5.46. The number of rotatable bonds is 7. The van der Waals surface area contributed by atoms with Crippen LogP contribution in [0.1, 0.15) is 15.6 Å². The molecular weight excluding hydrogens is 298 g/mol. The normalized spacial score (nSPS) is 11.4. The fraction of sp³-hybridized carbons (Fsp3) is 0.636. The van der Waals surface area contributed by atoms with Gasteiger partial charge in [0.1, 0.15) is 5.01 Å². The Morgan fingerprint density at radius 2 is 2.05 bits per heavy atom. The second-order valence-electron chi connectivity index (χ2n) is 4.08. The van der Waals surface area contributed by atoms with E-state index in [1.54, 1.807) is 42.0 Å². The number of thiazole rings is 1. The van der Waals surface area contributed by atoms with Gasteiger partial charge in [0.05, 0.1) is 18.0 Å². The number of nitrogens with zero attached hydrogens (tertiary/aromatic N) is 5. The molecule has 2 aromatic heterocycles.